The van der Waals surface area contributed by atoms with Gasteiger partial charge in [0.05, 0.1) is 6.42 Å². The number of hydrogen-bond acceptors (Lipinski definition) is 4. The van der Waals surface area contributed by atoms with Crippen molar-refractivity contribution in [2.75, 3.05) is 13.2 Å². The van der Waals surface area contributed by atoms with Crippen molar-refractivity contribution in [3.63, 3.8) is 0 Å². The van der Waals surface area contributed by atoms with Gasteiger partial charge >= 0.3 is 12.1 Å². The van der Waals surface area contributed by atoms with E-state index in [4.69, 9.17) is 9.84 Å². The summed E-state index contributed by atoms with van der Waals surface area (Å²) in [4.78, 5) is 35.4. The van der Waals surface area contributed by atoms with E-state index in [1.807, 2.05) is 24.3 Å². The third-order valence-corrected chi connectivity index (χ3v) is 6.64. The summed E-state index contributed by atoms with van der Waals surface area (Å²) in [7, 11) is 0. The van der Waals surface area contributed by atoms with Crippen LogP contribution in [-0.4, -0.2) is 42.3 Å². The van der Waals surface area contributed by atoms with Crippen molar-refractivity contribution in [3.8, 4) is 11.1 Å². The molecule has 0 heterocycles. The van der Waals surface area contributed by atoms with Gasteiger partial charge in [-0.25, -0.2) is 4.79 Å². The second kappa shape index (κ2) is 10.5. The number of hydrogen-bond donors (Lipinski definition) is 3. The van der Waals surface area contributed by atoms with E-state index in [-0.39, 0.29) is 43.2 Å². The molecule has 2 atom stereocenters. The Morgan fingerprint density at radius 1 is 0.970 bits per heavy atom. The maximum absolute atomic E-state index is 12.2. The van der Waals surface area contributed by atoms with Gasteiger partial charge in [0, 0.05) is 24.9 Å². The molecule has 0 spiro atoms. The van der Waals surface area contributed by atoms with Crippen LogP contribution in [0.25, 0.3) is 11.1 Å². The van der Waals surface area contributed by atoms with Crippen LogP contribution < -0.4 is 10.6 Å². The molecule has 2 amide bonds. The summed E-state index contributed by atoms with van der Waals surface area (Å²) in [5, 5.41) is 14.7. The maximum Gasteiger partial charge on any atom is 0.407 e. The zero-order valence-electron chi connectivity index (χ0n) is 18.6. The minimum Gasteiger partial charge on any atom is -0.481 e. The highest BCUT2D eigenvalue weighted by Gasteiger charge is 2.30. The van der Waals surface area contributed by atoms with Gasteiger partial charge in [0.25, 0.3) is 0 Å². The van der Waals surface area contributed by atoms with Gasteiger partial charge in [-0.15, -0.1) is 0 Å². The molecular formula is C26H30N2O5. The Labute approximate surface area is 193 Å². The fourth-order valence-electron chi connectivity index (χ4n) is 5.06. The molecule has 174 valence electrons. The molecule has 1 fully saturated rings. The normalized spacial score (nSPS) is 18.9. The molecule has 0 bridgehead atoms. The van der Waals surface area contributed by atoms with E-state index in [9.17, 15) is 14.4 Å². The molecule has 33 heavy (non-hydrogen) atoms. The molecule has 2 aliphatic carbocycles. The van der Waals surface area contributed by atoms with Crippen LogP contribution in [0.5, 0.6) is 0 Å². The second-order valence-electron chi connectivity index (χ2n) is 8.82. The first-order valence-corrected chi connectivity index (χ1v) is 11.6. The summed E-state index contributed by atoms with van der Waals surface area (Å²) < 4.78 is 5.50. The van der Waals surface area contributed by atoms with Crippen molar-refractivity contribution in [1.29, 1.82) is 0 Å². The number of alkyl carbamates (subject to hydrolysis) is 1. The highest BCUT2D eigenvalue weighted by Crippen LogP contribution is 2.44. The summed E-state index contributed by atoms with van der Waals surface area (Å²) in [5.41, 5.74) is 4.69. The molecule has 1 saturated carbocycles. The molecule has 2 aromatic rings. The Morgan fingerprint density at radius 3 is 2.30 bits per heavy atom. The zero-order valence-corrected chi connectivity index (χ0v) is 18.6. The van der Waals surface area contributed by atoms with E-state index in [2.05, 4.69) is 34.9 Å². The van der Waals surface area contributed by atoms with Gasteiger partial charge < -0.3 is 20.5 Å². The minimum absolute atomic E-state index is 0.00500. The van der Waals surface area contributed by atoms with Gasteiger partial charge in [0.2, 0.25) is 5.91 Å². The largest absolute Gasteiger partial charge is 0.481 e. The highest BCUT2D eigenvalue weighted by molar-refractivity contribution is 5.79. The fraction of sp³-hybridized carbons (Fsp3) is 0.423. The average molecular weight is 451 g/mol. The van der Waals surface area contributed by atoms with Crippen LogP contribution in [0.15, 0.2) is 48.5 Å². The standard InChI is InChI=1S/C26H30N2O5/c29-24(28-23-12-5-7-17(23)15-25(30)31)13-6-14-27-26(32)33-16-22-20-10-3-1-8-18(20)19-9-2-4-11-21(19)22/h1-4,8-11,17,22-23H,5-7,12-16H2,(H,27,32)(H,28,29)(H,30,31). The van der Waals surface area contributed by atoms with E-state index in [1.54, 1.807) is 0 Å². The molecular weight excluding hydrogens is 420 g/mol. The summed E-state index contributed by atoms with van der Waals surface area (Å²) in [6.45, 7) is 0.598. The van der Waals surface area contributed by atoms with E-state index in [0.717, 1.165) is 30.4 Å². The molecule has 2 aromatic carbocycles. The van der Waals surface area contributed by atoms with Crippen molar-refractivity contribution < 1.29 is 24.2 Å². The molecule has 0 aliphatic heterocycles. The van der Waals surface area contributed by atoms with Gasteiger partial charge in [-0.05, 0) is 47.4 Å². The van der Waals surface area contributed by atoms with Crippen LogP contribution in [0.4, 0.5) is 4.79 Å². The van der Waals surface area contributed by atoms with Crippen molar-refractivity contribution in [1.82, 2.24) is 10.6 Å². The lowest BCUT2D eigenvalue weighted by Crippen LogP contribution is -2.38. The highest BCUT2D eigenvalue weighted by atomic mass is 16.5. The fourth-order valence-corrected chi connectivity index (χ4v) is 5.06. The molecule has 4 rings (SSSR count). The van der Waals surface area contributed by atoms with E-state index in [0.29, 0.717) is 13.0 Å². The first-order valence-electron chi connectivity index (χ1n) is 11.6. The van der Waals surface area contributed by atoms with E-state index in [1.165, 1.54) is 11.1 Å². The Kier molecular flexibility index (Phi) is 7.27. The molecule has 7 nitrogen and oxygen atoms in total. The van der Waals surface area contributed by atoms with Crippen LogP contribution in [0, 0.1) is 5.92 Å². The lowest BCUT2D eigenvalue weighted by molar-refractivity contribution is -0.138. The van der Waals surface area contributed by atoms with E-state index >= 15 is 0 Å². The van der Waals surface area contributed by atoms with Crippen molar-refractivity contribution >= 4 is 18.0 Å². The van der Waals surface area contributed by atoms with Gasteiger partial charge in [0.15, 0.2) is 0 Å². The third-order valence-electron chi connectivity index (χ3n) is 6.64. The predicted octanol–water partition coefficient (Wildman–Crippen LogP) is 4.06. The number of carbonyl (C=O) groups is 3. The zero-order chi connectivity index (χ0) is 23.2. The molecule has 3 N–H and O–H groups in total. The van der Waals surface area contributed by atoms with Gasteiger partial charge in [0.1, 0.15) is 6.61 Å². The number of nitrogens with one attached hydrogen (secondary N) is 2. The molecule has 0 radical (unpaired) electrons. The SMILES string of the molecule is O=C(O)CC1CCCC1NC(=O)CCCNC(=O)OCC1c2ccccc2-c2ccccc21. The monoisotopic (exact) mass is 450 g/mol. The second-order valence-corrected chi connectivity index (χ2v) is 8.82. The topological polar surface area (TPSA) is 105 Å². The summed E-state index contributed by atoms with van der Waals surface area (Å²) >= 11 is 0. The number of carboxylic acid groups (broad SMARTS) is 1. The number of aliphatic carboxylic acids is 1. The first-order chi connectivity index (χ1) is 16.0. The predicted molar refractivity (Wildman–Crippen MR) is 124 cm³/mol. The summed E-state index contributed by atoms with van der Waals surface area (Å²) in [6, 6.07) is 16.3. The molecule has 7 heteroatoms. The van der Waals surface area contributed by atoms with Crippen LogP contribution >= 0.6 is 0 Å². The molecule has 0 saturated heterocycles. The number of rotatable bonds is 9. The lowest BCUT2D eigenvalue weighted by Gasteiger charge is -2.19. The number of carboxylic acids is 1. The van der Waals surface area contributed by atoms with Crippen LogP contribution in [0.2, 0.25) is 0 Å². The first kappa shape index (κ1) is 22.8. The Bertz CT molecular complexity index is 976. The van der Waals surface area contributed by atoms with E-state index < -0.39 is 12.1 Å². The summed E-state index contributed by atoms with van der Waals surface area (Å²) in [5.74, 6) is -0.912. The number of amides is 2. The van der Waals surface area contributed by atoms with Crippen LogP contribution in [-0.2, 0) is 14.3 Å². The van der Waals surface area contributed by atoms with Crippen molar-refractivity contribution in [2.24, 2.45) is 5.92 Å². The number of benzene rings is 2. The Balaban J connectivity index is 1.18. The Morgan fingerprint density at radius 2 is 1.64 bits per heavy atom. The minimum atomic E-state index is -0.826. The quantitative estimate of drug-likeness (QED) is 0.500. The van der Waals surface area contributed by atoms with Gasteiger partial charge in [-0.3, -0.25) is 9.59 Å². The molecule has 0 aromatic heterocycles. The summed E-state index contributed by atoms with van der Waals surface area (Å²) in [6.07, 6.45) is 2.96. The number of ether oxygens (including phenoxy) is 1. The average Bonchev–Trinajstić information content (AvgIpc) is 3.36. The third kappa shape index (κ3) is 5.53. The smallest absolute Gasteiger partial charge is 0.407 e. The van der Waals surface area contributed by atoms with Crippen molar-refractivity contribution in [3.05, 3.63) is 59.7 Å². The lowest BCUT2D eigenvalue weighted by atomic mass is 9.98. The van der Waals surface area contributed by atoms with Crippen LogP contribution in [0.1, 0.15) is 55.6 Å². The van der Waals surface area contributed by atoms with Crippen molar-refractivity contribution in [2.45, 2.75) is 50.5 Å². The number of carbonyl (C=O) groups excluding carboxylic acids is 2. The van der Waals surface area contributed by atoms with Gasteiger partial charge in [-0.2, -0.15) is 0 Å². The maximum atomic E-state index is 12.2. The Hall–Kier alpha value is -3.35. The van der Waals surface area contributed by atoms with Gasteiger partial charge in [-0.1, -0.05) is 55.0 Å². The molecule has 2 unspecified atom stereocenters. The number of fused-ring (bicyclic) bond motifs is 3. The molecule has 2 aliphatic rings. The van der Waals surface area contributed by atoms with Crippen LogP contribution in [0.3, 0.4) is 0 Å².